The van der Waals surface area contributed by atoms with E-state index in [1.165, 1.54) is 10.9 Å². The smallest absolute Gasteiger partial charge is 0.412 e. The molecule has 2 rings (SSSR count). The number of nitro groups is 1. The first-order chi connectivity index (χ1) is 13.9. The highest BCUT2D eigenvalue weighted by Gasteiger charge is 2.26. The highest BCUT2D eigenvalue weighted by molar-refractivity contribution is 6.76. The van der Waals surface area contributed by atoms with Gasteiger partial charge in [-0.1, -0.05) is 37.8 Å². The minimum Gasteiger partial charge on any atom is -0.444 e. The number of amides is 1. The maximum absolute atomic E-state index is 12.2. The van der Waals surface area contributed by atoms with E-state index in [1.807, 2.05) is 0 Å². The van der Waals surface area contributed by atoms with Crippen LogP contribution in [0.5, 0.6) is 0 Å². The molecule has 0 atom stereocenters. The minimum absolute atomic E-state index is 0.0778. The predicted octanol–water partition coefficient (Wildman–Crippen LogP) is 5.12. The molecule has 1 heterocycles. The fourth-order valence-corrected chi connectivity index (χ4v) is 3.38. The first-order valence-electron chi connectivity index (χ1n) is 9.75. The van der Waals surface area contributed by atoms with Crippen molar-refractivity contribution >= 4 is 25.5 Å². The van der Waals surface area contributed by atoms with E-state index in [4.69, 9.17) is 9.47 Å². The van der Waals surface area contributed by atoms with Crippen LogP contribution in [0.3, 0.4) is 0 Å². The molecule has 0 unspecified atom stereocenters. The van der Waals surface area contributed by atoms with Crippen molar-refractivity contribution in [2.24, 2.45) is 0 Å². The van der Waals surface area contributed by atoms with Gasteiger partial charge in [0, 0.05) is 20.2 Å². The van der Waals surface area contributed by atoms with Crippen molar-refractivity contribution in [3.63, 3.8) is 0 Å². The summed E-state index contributed by atoms with van der Waals surface area (Å²) in [5.41, 5.74) is 0.277. The van der Waals surface area contributed by atoms with Gasteiger partial charge in [0.2, 0.25) is 0 Å². The molecule has 164 valence electrons. The van der Waals surface area contributed by atoms with E-state index in [2.05, 4.69) is 30.1 Å². The Hall–Kier alpha value is -2.72. The van der Waals surface area contributed by atoms with Crippen molar-refractivity contribution in [2.45, 2.75) is 58.8 Å². The van der Waals surface area contributed by atoms with Gasteiger partial charge in [-0.05, 0) is 32.9 Å². The van der Waals surface area contributed by atoms with Gasteiger partial charge in [0.15, 0.2) is 5.69 Å². The molecule has 1 N–H and O–H groups in total. The van der Waals surface area contributed by atoms with E-state index in [1.54, 1.807) is 45.0 Å². The van der Waals surface area contributed by atoms with Crippen molar-refractivity contribution in [3.05, 3.63) is 40.6 Å². The summed E-state index contributed by atoms with van der Waals surface area (Å²) in [5, 5.41) is 18.4. The summed E-state index contributed by atoms with van der Waals surface area (Å²) in [5.74, 6) is 0. The van der Waals surface area contributed by atoms with Crippen molar-refractivity contribution in [1.82, 2.24) is 9.78 Å². The Morgan fingerprint density at radius 3 is 2.53 bits per heavy atom. The summed E-state index contributed by atoms with van der Waals surface area (Å²) in [6, 6.07) is 7.79. The molecule has 0 aliphatic rings. The second-order valence-corrected chi connectivity index (χ2v) is 14.8. The van der Waals surface area contributed by atoms with E-state index in [0.717, 1.165) is 6.04 Å². The maximum Gasteiger partial charge on any atom is 0.412 e. The Kier molecular flexibility index (Phi) is 7.38. The van der Waals surface area contributed by atoms with Crippen molar-refractivity contribution in [3.8, 4) is 11.3 Å². The summed E-state index contributed by atoms with van der Waals surface area (Å²) in [7, 11) is -1.26. The van der Waals surface area contributed by atoms with Crippen LogP contribution in [-0.2, 0) is 16.2 Å². The average molecular weight is 435 g/mol. The van der Waals surface area contributed by atoms with Gasteiger partial charge in [-0.25, -0.2) is 9.48 Å². The molecular weight excluding hydrogens is 404 g/mol. The molecule has 9 nitrogen and oxygen atoms in total. The summed E-state index contributed by atoms with van der Waals surface area (Å²) in [6.07, 6.45) is 0.552. The van der Waals surface area contributed by atoms with Crippen molar-refractivity contribution < 1.29 is 19.2 Å². The molecule has 1 aromatic heterocycles. The maximum atomic E-state index is 12.2. The first-order valence-corrected chi connectivity index (χ1v) is 13.5. The van der Waals surface area contributed by atoms with Gasteiger partial charge in [0.25, 0.3) is 0 Å². The van der Waals surface area contributed by atoms with Crippen LogP contribution in [0, 0.1) is 10.1 Å². The van der Waals surface area contributed by atoms with E-state index in [0.29, 0.717) is 17.9 Å². The zero-order chi connectivity index (χ0) is 22.5. The molecule has 0 fully saturated rings. The number of ether oxygens (including phenoxy) is 2. The monoisotopic (exact) mass is 434 g/mol. The normalized spacial score (nSPS) is 11.9. The Morgan fingerprint density at radius 2 is 1.93 bits per heavy atom. The van der Waals surface area contributed by atoms with Gasteiger partial charge >= 0.3 is 11.8 Å². The summed E-state index contributed by atoms with van der Waals surface area (Å²) in [6.45, 7) is 12.7. The second-order valence-electron chi connectivity index (χ2n) is 9.16. The number of nitrogens with one attached hydrogen (secondary N) is 1. The van der Waals surface area contributed by atoms with E-state index >= 15 is 0 Å². The average Bonchev–Trinajstić information content (AvgIpc) is 3.00. The van der Waals surface area contributed by atoms with Gasteiger partial charge in [0.1, 0.15) is 18.5 Å². The van der Waals surface area contributed by atoms with Crippen LogP contribution in [0.15, 0.2) is 30.5 Å². The zero-order valence-corrected chi connectivity index (χ0v) is 19.4. The number of benzene rings is 1. The number of hydrogen-bond donors (Lipinski definition) is 1. The van der Waals surface area contributed by atoms with Crippen LogP contribution < -0.4 is 5.32 Å². The van der Waals surface area contributed by atoms with Crippen LogP contribution in [0.25, 0.3) is 11.3 Å². The zero-order valence-electron chi connectivity index (χ0n) is 18.4. The number of hydrogen-bond acceptors (Lipinski definition) is 6. The lowest BCUT2D eigenvalue weighted by molar-refractivity contribution is -0.384. The third kappa shape index (κ3) is 6.96. The Morgan fingerprint density at radius 1 is 1.27 bits per heavy atom. The number of nitrogens with zero attached hydrogens (tertiary/aromatic N) is 3. The largest absolute Gasteiger partial charge is 0.444 e. The molecule has 10 heteroatoms. The minimum atomic E-state index is -1.26. The number of anilines is 1. The standard InChI is InChI=1S/C20H30N4O5Si/c1-20(2,3)29-19(25)22-16-10-8-7-9-15(16)18-17(24(26)27)13-21-23(18)14-28-11-12-30(4,5)6/h7-10,13H,11-12,14H2,1-6H3,(H,22,25). The molecule has 0 bridgehead atoms. The van der Waals surface area contributed by atoms with Gasteiger partial charge in [0.05, 0.1) is 10.6 Å². The third-order valence-electron chi connectivity index (χ3n) is 4.04. The number of rotatable bonds is 8. The highest BCUT2D eigenvalue weighted by atomic mass is 28.3. The molecule has 2 aromatic rings. The van der Waals surface area contributed by atoms with E-state index < -0.39 is 24.7 Å². The SMILES string of the molecule is CC(C)(C)OC(=O)Nc1ccccc1-c1c([N+](=O)[O-])cnn1COCC[Si](C)(C)C. The predicted molar refractivity (Wildman–Crippen MR) is 118 cm³/mol. The lowest BCUT2D eigenvalue weighted by atomic mass is 10.1. The molecule has 1 amide bonds. The van der Waals surface area contributed by atoms with Gasteiger partial charge in [-0.2, -0.15) is 5.10 Å². The Bertz CT molecular complexity index is 899. The van der Waals surface area contributed by atoms with Crippen LogP contribution in [0.2, 0.25) is 25.7 Å². The Balaban J connectivity index is 2.32. The van der Waals surface area contributed by atoms with Crippen molar-refractivity contribution in [1.29, 1.82) is 0 Å². The quantitative estimate of drug-likeness (QED) is 0.267. The summed E-state index contributed by atoms with van der Waals surface area (Å²) in [4.78, 5) is 23.3. The summed E-state index contributed by atoms with van der Waals surface area (Å²) < 4.78 is 12.5. The number of carbonyl (C=O) groups is 1. The van der Waals surface area contributed by atoms with Gasteiger partial charge < -0.3 is 9.47 Å². The molecule has 0 saturated carbocycles. The van der Waals surface area contributed by atoms with Crippen molar-refractivity contribution in [2.75, 3.05) is 11.9 Å². The molecule has 30 heavy (non-hydrogen) atoms. The lowest BCUT2D eigenvalue weighted by Crippen LogP contribution is -2.27. The second kappa shape index (κ2) is 9.39. The van der Waals surface area contributed by atoms with Gasteiger partial charge in [-0.3, -0.25) is 15.4 Å². The van der Waals surface area contributed by atoms with Crippen LogP contribution in [0.4, 0.5) is 16.2 Å². The fraction of sp³-hybridized carbons (Fsp3) is 0.500. The number of para-hydroxylation sites is 1. The van der Waals surface area contributed by atoms with E-state index in [9.17, 15) is 14.9 Å². The number of aromatic nitrogens is 2. The lowest BCUT2D eigenvalue weighted by Gasteiger charge is -2.20. The molecule has 1 aromatic carbocycles. The fourth-order valence-electron chi connectivity index (χ4n) is 2.63. The van der Waals surface area contributed by atoms with Crippen LogP contribution in [-0.4, -0.2) is 41.1 Å². The number of carbonyl (C=O) groups excluding carboxylic acids is 1. The van der Waals surface area contributed by atoms with E-state index in [-0.39, 0.29) is 18.1 Å². The molecule has 0 radical (unpaired) electrons. The van der Waals surface area contributed by atoms with Crippen LogP contribution >= 0.6 is 0 Å². The first kappa shape index (κ1) is 23.6. The highest BCUT2D eigenvalue weighted by Crippen LogP contribution is 2.35. The third-order valence-corrected chi connectivity index (χ3v) is 5.75. The Labute approximate surface area is 177 Å². The molecule has 0 aliphatic carbocycles. The molecule has 0 aliphatic heterocycles. The molecular formula is C20H30N4O5Si. The topological polar surface area (TPSA) is 109 Å². The van der Waals surface area contributed by atoms with Gasteiger partial charge in [-0.15, -0.1) is 0 Å². The molecule has 0 spiro atoms. The van der Waals surface area contributed by atoms with Crippen LogP contribution in [0.1, 0.15) is 20.8 Å². The molecule has 0 saturated heterocycles. The summed E-state index contributed by atoms with van der Waals surface area (Å²) >= 11 is 0.